The number of amides is 1. The average molecular weight is 287 g/mol. The summed E-state index contributed by atoms with van der Waals surface area (Å²) in [5.41, 5.74) is 0.369. The first-order chi connectivity index (χ1) is 10.2. The van der Waals surface area contributed by atoms with Gasteiger partial charge in [-0.2, -0.15) is 5.26 Å². The van der Waals surface area contributed by atoms with Gasteiger partial charge in [-0.1, -0.05) is 12.1 Å². The Morgan fingerprint density at radius 2 is 2.33 bits per heavy atom. The molecule has 1 unspecified atom stereocenters. The third-order valence-corrected chi connectivity index (χ3v) is 3.16. The second-order valence-corrected chi connectivity index (χ2v) is 4.68. The summed E-state index contributed by atoms with van der Waals surface area (Å²) in [6.45, 7) is 1.12. The van der Waals surface area contributed by atoms with Crippen LogP contribution in [0.1, 0.15) is 12.8 Å². The molecule has 6 heteroatoms. The first-order valence-electron chi connectivity index (χ1n) is 6.75. The molecule has 1 aliphatic rings. The lowest BCUT2D eigenvalue weighted by atomic mass is 10.2. The number of nitrogens with zero attached hydrogens (tertiary/aromatic N) is 1. The number of rotatable bonds is 5. The van der Waals surface area contributed by atoms with E-state index in [-0.39, 0.29) is 17.4 Å². The Labute approximate surface area is 123 Å². The molecule has 6 nitrogen and oxygen atoms in total. The van der Waals surface area contributed by atoms with E-state index in [4.69, 9.17) is 10.00 Å². The fourth-order valence-electron chi connectivity index (χ4n) is 2.00. The first kappa shape index (κ1) is 14.9. The fourth-order valence-corrected chi connectivity index (χ4v) is 2.00. The summed E-state index contributed by atoms with van der Waals surface area (Å²) < 4.78 is 5.40. The van der Waals surface area contributed by atoms with Gasteiger partial charge in [0.05, 0.1) is 11.8 Å². The van der Waals surface area contributed by atoms with Gasteiger partial charge in [0.1, 0.15) is 17.4 Å². The normalized spacial score (nSPS) is 18.0. The molecule has 0 radical (unpaired) electrons. The number of para-hydroxylation sites is 2. The molecule has 0 aromatic heterocycles. The summed E-state index contributed by atoms with van der Waals surface area (Å²) in [6.07, 6.45) is 3.22. The van der Waals surface area contributed by atoms with Crippen molar-refractivity contribution in [3.05, 3.63) is 36.0 Å². The number of nitriles is 1. The Morgan fingerprint density at radius 3 is 3.00 bits per heavy atom. The van der Waals surface area contributed by atoms with Crippen LogP contribution in [0, 0.1) is 11.3 Å². The van der Waals surface area contributed by atoms with Crippen molar-refractivity contribution in [2.45, 2.75) is 18.9 Å². The Balaban J connectivity index is 1.92. The Kier molecular flexibility index (Phi) is 5.18. The molecule has 0 spiro atoms. The highest BCUT2D eigenvalue weighted by molar-refractivity contribution is 5.97. The van der Waals surface area contributed by atoms with Crippen LogP contribution in [-0.4, -0.2) is 30.3 Å². The number of phenols is 1. The van der Waals surface area contributed by atoms with Gasteiger partial charge in [-0.05, 0) is 25.0 Å². The molecule has 0 saturated carbocycles. The molecule has 21 heavy (non-hydrogen) atoms. The van der Waals surface area contributed by atoms with Crippen molar-refractivity contribution in [2.24, 2.45) is 0 Å². The lowest BCUT2D eigenvalue weighted by molar-refractivity contribution is -0.117. The molecule has 1 amide bonds. The maximum Gasteiger partial charge on any atom is 0.263 e. The van der Waals surface area contributed by atoms with Crippen LogP contribution in [0.25, 0.3) is 0 Å². The molecular weight excluding hydrogens is 270 g/mol. The third-order valence-electron chi connectivity index (χ3n) is 3.16. The molecular formula is C15H17N3O3. The lowest BCUT2D eigenvalue weighted by Gasteiger charge is -2.10. The number of phenolic OH excluding ortho intramolecular Hbond substituents is 1. The number of ether oxygens (including phenoxy) is 1. The molecule has 0 aliphatic carbocycles. The van der Waals surface area contributed by atoms with E-state index >= 15 is 0 Å². The lowest BCUT2D eigenvalue weighted by Crippen LogP contribution is -2.32. The monoisotopic (exact) mass is 287 g/mol. The number of hydrogen-bond donors (Lipinski definition) is 3. The van der Waals surface area contributed by atoms with Crippen molar-refractivity contribution in [2.75, 3.05) is 18.5 Å². The number of nitrogens with one attached hydrogen (secondary N) is 2. The number of carbonyl (C=O) groups is 1. The standard InChI is InChI=1S/C15H17N3O3/c16-8-11(9-17-13-5-1-2-6-14(13)19)15(20)18-10-12-4-3-7-21-12/h1-2,5-6,9,12,17,19H,3-4,7,10H2,(H,18,20)/b11-9-. The third kappa shape index (κ3) is 4.23. The van der Waals surface area contributed by atoms with Crippen LogP contribution in [0.5, 0.6) is 5.75 Å². The predicted molar refractivity (Wildman–Crippen MR) is 77.4 cm³/mol. The van der Waals surface area contributed by atoms with E-state index in [2.05, 4.69) is 10.6 Å². The van der Waals surface area contributed by atoms with E-state index in [1.165, 1.54) is 12.3 Å². The van der Waals surface area contributed by atoms with Gasteiger partial charge in [0.2, 0.25) is 0 Å². The minimum Gasteiger partial charge on any atom is -0.506 e. The first-order valence-corrected chi connectivity index (χ1v) is 6.75. The van der Waals surface area contributed by atoms with Crippen LogP contribution in [0.3, 0.4) is 0 Å². The summed E-state index contributed by atoms with van der Waals surface area (Å²) >= 11 is 0. The summed E-state index contributed by atoms with van der Waals surface area (Å²) in [5, 5.41) is 24.0. The van der Waals surface area contributed by atoms with Crippen molar-refractivity contribution in [1.82, 2.24) is 5.32 Å². The molecule has 1 heterocycles. The van der Waals surface area contributed by atoms with E-state index in [0.29, 0.717) is 12.2 Å². The maximum absolute atomic E-state index is 11.9. The zero-order valence-electron chi connectivity index (χ0n) is 11.5. The highest BCUT2D eigenvalue weighted by Crippen LogP contribution is 2.21. The van der Waals surface area contributed by atoms with Crippen LogP contribution in [0.15, 0.2) is 36.0 Å². The Morgan fingerprint density at radius 1 is 1.52 bits per heavy atom. The maximum atomic E-state index is 11.9. The fraction of sp³-hybridized carbons (Fsp3) is 0.333. The van der Waals surface area contributed by atoms with Crippen molar-refractivity contribution >= 4 is 11.6 Å². The Bertz CT molecular complexity index is 572. The highest BCUT2D eigenvalue weighted by Gasteiger charge is 2.17. The second kappa shape index (κ2) is 7.31. The summed E-state index contributed by atoms with van der Waals surface area (Å²) in [5.74, 6) is -0.415. The van der Waals surface area contributed by atoms with Gasteiger partial charge < -0.3 is 20.5 Å². The molecule has 1 aromatic rings. The van der Waals surface area contributed by atoms with E-state index < -0.39 is 5.91 Å². The van der Waals surface area contributed by atoms with Crippen LogP contribution < -0.4 is 10.6 Å². The van der Waals surface area contributed by atoms with Crippen molar-refractivity contribution in [1.29, 1.82) is 5.26 Å². The van der Waals surface area contributed by atoms with Gasteiger partial charge in [0, 0.05) is 19.4 Å². The van der Waals surface area contributed by atoms with Crippen LogP contribution in [0.4, 0.5) is 5.69 Å². The largest absolute Gasteiger partial charge is 0.506 e. The summed E-state index contributed by atoms with van der Waals surface area (Å²) in [6, 6.07) is 8.41. The predicted octanol–water partition coefficient (Wildman–Crippen LogP) is 1.51. The minimum atomic E-state index is -0.462. The van der Waals surface area contributed by atoms with E-state index in [0.717, 1.165) is 19.4 Å². The number of carbonyl (C=O) groups excluding carboxylic acids is 1. The van der Waals surface area contributed by atoms with E-state index in [9.17, 15) is 9.90 Å². The van der Waals surface area contributed by atoms with Gasteiger partial charge in [-0.25, -0.2) is 0 Å². The summed E-state index contributed by atoms with van der Waals surface area (Å²) in [7, 11) is 0. The van der Waals surface area contributed by atoms with Gasteiger partial charge in [0.25, 0.3) is 5.91 Å². The minimum absolute atomic E-state index is 0.0278. The van der Waals surface area contributed by atoms with Crippen LogP contribution in [0.2, 0.25) is 0 Å². The average Bonchev–Trinajstić information content (AvgIpc) is 3.01. The topological polar surface area (TPSA) is 94.4 Å². The van der Waals surface area contributed by atoms with Crippen molar-refractivity contribution in [3.63, 3.8) is 0 Å². The van der Waals surface area contributed by atoms with E-state index in [1.807, 2.05) is 6.07 Å². The highest BCUT2D eigenvalue weighted by atomic mass is 16.5. The number of aromatic hydroxyl groups is 1. The second-order valence-electron chi connectivity index (χ2n) is 4.68. The van der Waals surface area contributed by atoms with Crippen molar-refractivity contribution < 1.29 is 14.6 Å². The van der Waals surface area contributed by atoms with E-state index in [1.54, 1.807) is 18.2 Å². The number of benzene rings is 1. The molecule has 3 N–H and O–H groups in total. The molecule has 110 valence electrons. The molecule has 1 atom stereocenters. The molecule has 1 aromatic carbocycles. The van der Waals surface area contributed by atoms with Gasteiger partial charge in [-0.3, -0.25) is 4.79 Å². The SMILES string of the molecule is N#C/C(=C/Nc1ccccc1O)C(=O)NCC1CCCO1. The molecule has 1 aliphatic heterocycles. The zero-order chi connectivity index (χ0) is 15.1. The zero-order valence-corrected chi connectivity index (χ0v) is 11.5. The molecule has 1 saturated heterocycles. The quantitative estimate of drug-likeness (QED) is 0.433. The smallest absolute Gasteiger partial charge is 0.263 e. The van der Waals surface area contributed by atoms with Gasteiger partial charge in [-0.15, -0.1) is 0 Å². The van der Waals surface area contributed by atoms with Gasteiger partial charge in [0.15, 0.2) is 0 Å². The number of anilines is 1. The summed E-state index contributed by atoms with van der Waals surface area (Å²) in [4.78, 5) is 11.9. The Hall–Kier alpha value is -2.52. The van der Waals surface area contributed by atoms with Crippen LogP contribution in [-0.2, 0) is 9.53 Å². The van der Waals surface area contributed by atoms with Gasteiger partial charge >= 0.3 is 0 Å². The molecule has 2 rings (SSSR count). The van der Waals surface area contributed by atoms with Crippen molar-refractivity contribution in [3.8, 4) is 11.8 Å². The molecule has 1 fully saturated rings. The molecule has 0 bridgehead atoms. The van der Waals surface area contributed by atoms with Crippen LogP contribution >= 0.6 is 0 Å². The number of hydrogen-bond acceptors (Lipinski definition) is 5.